The molecule has 0 bridgehead atoms. The van der Waals surface area contributed by atoms with Crippen molar-refractivity contribution >= 4 is 11.9 Å². The monoisotopic (exact) mass is 686 g/mol. The molecule has 0 aromatic heterocycles. The fourth-order valence-corrected chi connectivity index (χ4v) is 5.05. The molecule has 0 spiro atoms. The highest BCUT2D eigenvalue weighted by Gasteiger charge is 2.49. The van der Waals surface area contributed by atoms with Gasteiger partial charge in [0.2, 0.25) is 0 Å². The molecule has 12 nitrogen and oxygen atoms in total. The number of rotatable bonds is 13. The third-order valence-electron chi connectivity index (χ3n) is 7.30. The zero-order valence-electron chi connectivity index (χ0n) is 26.3. The number of aliphatic hydroxyl groups excluding tert-OH is 3. The summed E-state index contributed by atoms with van der Waals surface area (Å²) in [6, 6.07) is 29.6. The van der Waals surface area contributed by atoms with Gasteiger partial charge in [0.15, 0.2) is 24.8 Å². The van der Waals surface area contributed by atoms with E-state index in [-0.39, 0.29) is 21.5 Å². The lowest BCUT2D eigenvalue weighted by Crippen LogP contribution is -2.40. The molecule has 49 heavy (non-hydrogen) atoms. The van der Waals surface area contributed by atoms with Gasteiger partial charge in [-0.1, -0.05) is 106 Å². The Hall–Kier alpha value is -3.72. The van der Waals surface area contributed by atoms with Crippen LogP contribution in [0.2, 0.25) is 0 Å². The summed E-state index contributed by atoms with van der Waals surface area (Å²) in [5.41, 5.74) is 3.08. The van der Waals surface area contributed by atoms with Gasteiger partial charge in [0.05, 0.1) is 33.0 Å². The average Bonchev–Trinajstić information content (AvgIpc) is 3.54. The summed E-state index contributed by atoms with van der Waals surface area (Å²) < 4.78 is 39.4. The Morgan fingerprint density at radius 2 is 1.10 bits per heavy atom. The quantitative estimate of drug-likeness (QED) is 0.223. The smallest absolute Gasteiger partial charge is 0.303 e. The molecule has 0 radical (unpaired) electrons. The number of hydrogen-bond donors (Lipinski definition) is 3. The Labute approximate surface area is 288 Å². The largest absolute Gasteiger partial charge is 0.454 e. The van der Waals surface area contributed by atoms with Gasteiger partial charge in [0.25, 0.3) is 0 Å². The van der Waals surface area contributed by atoms with E-state index in [2.05, 4.69) is 4.74 Å². The number of benzene rings is 3. The van der Waals surface area contributed by atoms with Crippen molar-refractivity contribution in [3.8, 4) is 0 Å². The summed E-state index contributed by atoms with van der Waals surface area (Å²) in [6.07, 6.45) is -7.07. The second-order valence-electron chi connectivity index (χ2n) is 11.0. The molecule has 2 aliphatic rings. The lowest BCUT2D eigenvalue weighted by atomic mass is 10.1. The molecule has 2 aliphatic heterocycles. The summed E-state index contributed by atoms with van der Waals surface area (Å²) in [4.78, 5) is 22.4. The second-order valence-corrected chi connectivity index (χ2v) is 11.0. The average molecular weight is 687 g/mol. The highest BCUT2D eigenvalue weighted by Crippen LogP contribution is 2.30. The molecule has 2 heterocycles. The van der Waals surface area contributed by atoms with E-state index in [1.807, 2.05) is 91.0 Å². The summed E-state index contributed by atoms with van der Waals surface area (Å²) in [7, 11) is 0. The van der Waals surface area contributed by atoms with Crippen molar-refractivity contribution in [3.05, 3.63) is 108 Å². The Balaban J connectivity index is 0.000000471. The predicted molar refractivity (Wildman–Crippen MR) is 180 cm³/mol. The summed E-state index contributed by atoms with van der Waals surface area (Å²) in [5, 5.41) is 27.2. The SMILES string of the molecule is C.C.CC(=O)O[C@@H]1C(O)O[C@H](CO)C1O.CC(=O)O[C@H]1C(OCc2ccccc2)[C@@H](COCc2ccccc2)O[C@@H]1OCc1ccccc1. The van der Waals surface area contributed by atoms with E-state index in [1.54, 1.807) is 0 Å². The van der Waals surface area contributed by atoms with Crippen LogP contribution < -0.4 is 0 Å². The Morgan fingerprint density at radius 1 is 0.633 bits per heavy atom. The maximum atomic E-state index is 11.9. The van der Waals surface area contributed by atoms with Crippen LogP contribution in [0, 0.1) is 0 Å². The van der Waals surface area contributed by atoms with E-state index < -0.39 is 67.7 Å². The summed E-state index contributed by atoms with van der Waals surface area (Å²) in [5.74, 6) is -1.04. The molecule has 5 rings (SSSR count). The van der Waals surface area contributed by atoms with E-state index in [4.69, 9.17) is 38.6 Å². The third kappa shape index (κ3) is 12.9. The van der Waals surface area contributed by atoms with Crippen LogP contribution in [0.15, 0.2) is 91.0 Å². The molecule has 0 aliphatic carbocycles. The number of aliphatic hydroxyl groups is 3. The maximum Gasteiger partial charge on any atom is 0.303 e. The van der Waals surface area contributed by atoms with Crippen molar-refractivity contribution in [3.63, 3.8) is 0 Å². The first-order chi connectivity index (χ1) is 22.7. The second kappa shape index (κ2) is 21.4. The lowest BCUT2D eigenvalue weighted by Gasteiger charge is -2.24. The first kappa shape index (κ1) is 41.5. The van der Waals surface area contributed by atoms with Gasteiger partial charge in [-0.05, 0) is 16.7 Å². The van der Waals surface area contributed by atoms with Gasteiger partial charge in [-0.25, -0.2) is 0 Å². The minimum absolute atomic E-state index is 0. The van der Waals surface area contributed by atoms with Crippen LogP contribution in [-0.4, -0.2) is 89.7 Å². The van der Waals surface area contributed by atoms with Crippen LogP contribution in [0.5, 0.6) is 0 Å². The molecule has 2 fully saturated rings. The molecule has 0 saturated carbocycles. The number of carbonyl (C=O) groups is 2. The normalized spacial score (nSPS) is 25.6. The minimum Gasteiger partial charge on any atom is -0.454 e. The first-order valence-electron chi connectivity index (χ1n) is 15.3. The molecule has 12 heteroatoms. The van der Waals surface area contributed by atoms with Crippen molar-refractivity contribution in [2.45, 2.75) is 97.7 Å². The molecule has 3 unspecified atom stereocenters. The van der Waals surface area contributed by atoms with Gasteiger partial charge in [0, 0.05) is 13.8 Å². The molecule has 3 aromatic carbocycles. The van der Waals surface area contributed by atoms with Gasteiger partial charge in [-0.2, -0.15) is 0 Å². The van der Waals surface area contributed by atoms with Crippen LogP contribution in [0.25, 0.3) is 0 Å². The fraction of sp³-hybridized carbons (Fsp3) is 0.459. The number of hydrogen-bond acceptors (Lipinski definition) is 12. The van der Waals surface area contributed by atoms with Crippen molar-refractivity contribution in [1.29, 1.82) is 0 Å². The molecule has 3 aromatic rings. The zero-order chi connectivity index (χ0) is 33.6. The Morgan fingerprint density at radius 3 is 1.57 bits per heavy atom. The Kier molecular flexibility index (Phi) is 18.1. The summed E-state index contributed by atoms with van der Waals surface area (Å²) >= 11 is 0. The highest BCUT2D eigenvalue weighted by molar-refractivity contribution is 5.66. The topological polar surface area (TPSA) is 159 Å². The number of esters is 2. The van der Waals surface area contributed by atoms with Gasteiger partial charge >= 0.3 is 11.9 Å². The predicted octanol–water partition coefficient (Wildman–Crippen LogP) is 3.92. The lowest BCUT2D eigenvalue weighted by molar-refractivity contribution is -0.193. The first-order valence-corrected chi connectivity index (χ1v) is 15.3. The highest BCUT2D eigenvalue weighted by atomic mass is 16.7. The summed E-state index contributed by atoms with van der Waals surface area (Å²) in [6.45, 7) is 3.50. The van der Waals surface area contributed by atoms with Crippen LogP contribution in [0.1, 0.15) is 45.4 Å². The fourth-order valence-electron chi connectivity index (χ4n) is 5.05. The van der Waals surface area contributed by atoms with Crippen LogP contribution in [0.4, 0.5) is 0 Å². The van der Waals surface area contributed by atoms with E-state index in [9.17, 15) is 14.7 Å². The van der Waals surface area contributed by atoms with Gasteiger partial charge in [0.1, 0.15) is 24.4 Å². The maximum absolute atomic E-state index is 11.9. The van der Waals surface area contributed by atoms with Gasteiger partial charge in [-0.3, -0.25) is 9.59 Å². The third-order valence-corrected chi connectivity index (χ3v) is 7.30. The van der Waals surface area contributed by atoms with E-state index in [0.29, 0.717) is 19.8 Å². The molecular formula is C37H50O12. The van der Waals surface area contributed by atoms with E-state index >= 15 is 0 Å². The molecule has 8 atom stereocenters. The molecular weight excluding hydrogens is 636 g/mol. The number of ether oxygens (including phenoxy) is 7. The van der Waals surface area contributed by atoms with Crippen LogP contribution in [0.3, 0.4) is 0 Å². The van der Waals surface area contributed by atoms with Crippen LogP contribution >= 0.6 is 0 Å². The number of carbonyl (C=O) groups excluding carboxylic acids is 2. The Bertz CT molecular complexity index is 1340. The van der Waals surface area contributed by atoms with Gasteiger partial charge < -0.3 is 48.5 Å². The molecule has 270 valence electrons. The molecule has 0 amide bonds. The van der Waals surface area contributed by atoms with Crippen LogP contribution in [-0.2, 0) is 62.6 Å². The van der Waals surface area contributed by atoms with E-state index in [1.165, 1.54) is 6.92 Å². The standard InChI is InChI=1S/C28H30O6.C7H12O6.2CH4/c1-21(29)33-27-26(31-18-23-13-7-3-8-14-23)25(20-30-17-22-11-5-2-6-12-22)34-28(27)32-19-24-15-9-4-10-16-24;1-3(9)12-6-5(10)4(2-8)13-7(6)11;;/h2-16,25-28H,17-20H2,1H3;4-8,10-11H,2H2,1H3;2*1H4/t25-,26?,27+,28+;4-,5?,6+,7?;;/m11../s1. The van der Waals surface area contributed by atoms with Crippen molar-refractivity contribution in [1.82, 2.24) is 0 Å². The zero-order valence-corrected chi connectivity index (χ0v) is 26.3. The van der Waals surface area contributed by atoms with Crippen molar-refractivity contribution in [2.24, 2.45) is 0 Å². The minimum atomic E-state index is -1.38. The van der Waals surface area contributed by atoms with E-state index in [0.717, 1.165) is 23.6 Å². The van der Waals surface area contributed by atoms with Crippen molar-refractivity contribution in [2.75, 3.05) is 13.2 Å². The molecule has 2 saturated heterocycles. The van der Waals surface area contributed by atoms with Gasteiger partial charge in [-0.15, -0.1) is 0 Å². The molecule has 3 N–H and O–H groups in total. The van der Waals surface area contributed by atoms with Crippen molar-refractivity contribution < 1.29 is 58.1 Å².